The number of carbonyl (C=O) groups excluding carboxylic acids is 1. The molecule has 0 atom stereocenters. The first-order chi connectivity index (χ1) is 4.79. The van der Waals surface area contributed by atoms with Gasteiger partial charge in [-0.15, -0.1) is 0 Å². The van der Waals surface area contributed by atoms with E-state index in [0.29, 0.717) is 0 Å². The largest absolute Gasteiger partial charge is 0.346 e. The smallest absolute Gasteiger partial charge is 0.287 e. The third-order valence-corrected chi connectivity index (χ3v) is 2.28. The van der Waals surface area contributed by atoms with Crippen LogP contribution in [0.25, 0.3) is 0 Å². The maximum atomic E-state index is 10.4. The summed E-state index contributed by atoms with van der Waals surface area (Å²) in [6, 6.07) is 0. The predicted molar refractivity (Wildman–Crippen MR) is 44.3 cm³/mol. The van der Waals surface area contributed by atoms with E-state index in [9.17, 15) is 4.79 Å². The van der Waals surface area contributed by atoms with Crippen LogP contribution in [-0.4, -0.2) is 11.4 Å². The van der Waals surface area contributed by atoms with Crippen molar-refractivity contribution in [3.63, 3.8) is 0 Å². The van der Waals surface area contributed by atoms with Crippen LogP contribution in [-0.2, 0) is 0 Å². The number of hydrogen-bond donors (Lipinski definition) is 1. The number of rotatable bonds is 2. The Hall–Kier alpha value is -0.0500. The molecule has 1 N–H and O–H groups in total. The van der Waals surface area contributed by atoms with Gasteiger partial charge in [0.15, 0.2) is 0 Å². The van der Waals surface area contributed by atoms with Crippen molar-refractivity contribution < 1.29 is 4.79 Å². The molecule has 0 saturated heterocycles. The molecule has 1 rings (SSSR count). The molecule has 0 aromatic heterocycles. The molecule has 0 aromatic carbocycles. The molecule has 1 aliphatic carbocycles. The number of halogens is 1. The van der Waals surface area contributed by atoms with Crippen LogP contribution in [0, 0.1) is 5.92 Å². The Labute approximate surface area is 69.5 Å². The van der Waals surface area contributed by atoms with Crippen molar-refractivity contribution >= 4 is 20.7 Å². The maximum Gasteiger partial charge on any atom is 0.287 e. The fourth-order valence-electron chi connectivity index (χ4n) is 1.44. The van der Waals surface area contributed by atoms with Crippen LogP contribution in [0.1, 0.15) is 25.7 Å². The van der Waals surface area contributed by atoms with Crippen LogP contribution in [0.5, 0.6) is 0 Å². The second-order valence-corrected chi connectivity index (χ2v) is 3.53. The molecule has 1 fully saturated rings. The number of hydrogen-bond acceptors (Lipinski definition) is 1. The van der Waals surface area contributed by atoms with E-state index in [4.69, 9.17) is 0 Å². The van der Waals surface area contributed by atoms with Gasteiger partial charge in [-0.1, -0.05) is 12.8 Å². The molecule has 0 heterocycles. The highest BCUT2D eigenvalue weighted by Gasteiger charge is 2.14. The fraction of sp³-hybridized carbons (Fsp3) is 0.857. The highest BCUT2D eigenvalue weighted by molar-refractivity contribution is 9.18. The summed E-state index contributed by atoms with van der Waals surface area (Å²) in [5.74, 6) is 0.737. The molecule has 3 heteroatoms. The van der Waals surface area contributed by atoms with Gasteiger partial charge in [0.25, 0.3) is 4.82 Å². The van der Waals surface area contributed by atoms with Gasteiger partial charge in [0.2, 0.25) is 0 Å². The molecule has 2 nitrogen and oxygen atoms in total. The summed E-state index contributed by atoms with van der Waals surface area (Å²) in [6.45, 7) is 0.851. The Morgan fingerprint density at radius 3 is 2.60 bits per heavy atom. The average Bonchev–Trinajstić information content (AvgIpc) is 2.34. The highest BCUT2D eigenvalue weighted by Crippen LogP contribution is 2.23. The lowest BCUT2D eigenvalue weighted by atomic mass is 10.1. The maximum absolute atomic E-state index is 10.4. The molecule has 0 radical (unpaired) electrons. The summed E-state index contributed by atoms with van der Waals surface area (Å²) in [5, 5.41) is 2.77. The standard InChI is InChI=1S/C7H12BrNO/c8-7(10)9-5-6-3-1-2-4-6/h6H,1-5H2,(H,9,10). The van der Waals surface area contributed by atoms with E-state index in [2.05, 4.69) is 21.2 Å². The minimum Gasteiger partial charge on any atom is -0.346 e. The number of nitrogens with one attached hydrogen (secondary N) is 1. The van der Waals surface area contributed by atoms with Crippen LogP contribution in [0.4, 0.5) is 4.79 Å². The lowest BCUT2D eigenvalue weighted by Crippen LogP contribution is -2.22. The zero-order chi connectivity index (χ0) is 7.40. The van der Waals surface area contributed by atoms with Crippen molar-refractivity contribution in [3.8, 4) is 0 Å². The van der Waals surface area contributed by atoms with Crippen molar-refractivity contribution in [2.75, 3.05) is 6.54 Å². The first kappa shape index (κ1) is 8.05. The van der Waals surface area contributed by atoms with E-state index in [1.807, 2.05) is 0 Å². The van der Waals surface area contributed by atoms with E-state index in [0.717, 1.165) is 12.5 Å². The van der Waals surface area contributed by atoms with Crippen LogP contribution in [0.15, 0.2) is 0 Å². The lowest BCUT2D eigenvalue weighted by Gasteiger charge is -2.06. The Balaban J connectivity index is 2.07. The molecule has 0 unspecified atom stereocenters. The normalized spacial score (nSPS) is 19.3. The topological polar surface area (TPSA) is 29.1 Å². The molecule has 58 valence electrons. The molecule has 0 aromatic rings. The number of amides is 1. The molecule has 10 heavy (non-hydrogen) atoms. The van der Waals surface area contributed by atoms with Crippen LogP contribution < -0.4 is 5.32 Å². The van der Waals surface area contributed by atoms with Crippen molar-refractivity contribution in [1.82, 2.24) is 5.32 Å². The summed E-state index contributed by atoms with van der Waals surface area (Å²) >= 11 is 2.83. The predicted octanol–water partition coefficient (Wildman–Crippen LogP) is 2.28. The number of carbonyl (C=O) groups is 1. The van der Waals surface area contributed by atoms with Crippen LogP contribution in [0.2, 0.25) is 0 Å². The first-order valence-electron chi connectivity index (χ1n) is 3.72. The van der Waals surface area contributed by atoms with Crippen LogP contribution >= 0.6 is 15.9 Å². The minimum atomic E-state index is -0.0839. The second kappa shape index (κ2) is 3.96. The Morgan fingerprint density at radius 1 is 1.50 bits per heavy atom. The zero-order valence-corrected chi connectivity index (χ0v) is 7.49. The lowest BCUT2D eigenvalue weighted by molar-refractivity contribution is 0.260. The molecule has 1 saturated carbocycles. The monoisotopic (exact) mass is 205 g/mol. The van der Waals surface area contributed by atoms with Gasteiger partial charge in [0.05, 0.1) is 0 Å². The molecular weight excluding hydrogens is 194 g/mol. The quantitative estimate of drug-likeness (QED) is 0.545. The third-order valence-electron chi connectivity index (χ3n) is 2.00. The van der Waals surface area contributed by atoms with Crippen LogP contribution in [0.3, 0.4) is 0 Å². The molecule has 0 bridgehead atoms. The van der Waals surface area contributed by atoms with Gasteiger partial charge in [-0.25, -0.2) is 0 Å². The van der Waals surface area contributed by atoms with E-state index in [-0.39, 0.29) is 4.82 Å². The highest BCUT2D eigenvalue weighted by atomic mass is 79.9. The molecule has 1 aliphatic rings. The molecule has 1 amide bonds. The third kappa shape index (κ3) is 2.69. The summed E-state index contributed by atoms with van der Waals surface area (Å²) in [4.78, 5) is 10.3. The summed E-state index contributed by atoms with van der Waals surface area (Å²) in [7, 11) is 0. The summed E-state index contributed by atoms with van der Waals surface area (Å²) in [6.07, 6.45) is 5.24. The van der Waals surface area contributed by atoms with Gasteiger partial charge in [-0.2, -0.15) is 0 Å². The van der Waals surface area contributed by atoms with Gasteiger partial charge in [-0.3, -0.25) is 4.79 Å². The van der Waals surface area contributed by atoms with Crippen molar-refractivity contribution in [3.05, 3.63) is 0 Å². The second-order valence-electron chi connectivity index (χ2n) is 2.81. The Bertz CT molecular complexity index is 121. The minimum absolute atomic E-state index is 0.0839. The fourth-order valence-corrected chi connectivity index (χ4v) is 1.60. The SMILES string of the molecule is O=C(Br)NCC1CCCC1. The van der Waals surface area contributed by atoms with Gasteiger partial charge in [-0.05, 0) is 18.8 Å². The van der Waals surface area contributed by atoms with Crippen molar-refractivity contribution in [2.45, 2.75) is 25.7 Å². The molecule has 0 spiro atoms. The zero-order valence-electron chi connectivity index (χ0n) is 5.90. The van der Waals surface area contributed by atoms with E-state index in [1.54, 1.807) is 0 Å². The summed E-state index contributed by atoms with van der Waals surface area (Å²) < 4.78 is 0. The molecule has 0 aliphatic heterocycles. The van der Waals surface area contributed by atoms with Gasteiger partial charge < -0.3 is 5.32 Å². The van der Waals surface area contributed by atoms with Gasteiger partial charge in [0.1, 0.15) is 0 Å². The first-order valence-corrected chi connectivity index (χ1v) is 4.51. The Kier molecular flexibility index (Phi) is 3.19. The van der Waals surface area contributed by atoms with Gasteiger partial charge >= 0.3 is 0 Å². The van der Waals surface area contributed by atoms with E-state index >= 15 is 0 Å². The van der Waals surface area contributed by atoms with Gasteiger partial charge in [0, 0.05) is 22.5 Å². The van der Waals surface area contributed by atoms with E-state index in [1.165, 1.54) is 25.7 Å². The average molecular weight is 206 g/mol. The van der Waals surface area contributed by atoms with Crippen molar-refractivity contribution in [2.24, 2.45) is 5.92 Å². The molecular formula is C7H12BrNO. The van der Waals surface area contributed by atoms with Crippen molar-refractivity contribution in [1.29, 1.82) is 0 Å². The Morgan fingerprint density at radius 2 is 2.10 bits per heavy atom. The summed E-state index contributed by atoms with van der Waals surface area (Å²) in [5.41, 5.74) is 0. The van der Waals surface area contributed by atoms with E-state index < -0.39 is 0 Å².